The quantitative estimate of drug-likeness (QED) is 0.0210. The Morgan fingerprint density at radius 3 is 1.56 bits per heavy atom. The highest BCUT2D eigenvalue weighted by molar-refractivity contribution is 5.70. The zero-order valence-electron chi connectivity index (χ0n) is 34.7. The zero-order chi connectivity index (χ0) is 40.2. The van der Waals surface area contributed by atoms with Crippen LogP contribution < -0.4 is 0 Å². The van der Waals surface area contributed by atoms with E-state index in [1.807, 2.05) is 0 Å². The van der Waals surface area contributed by atoms with Crippen molar-refractivity contribution in [3.05, 3.63) is 36.5 Å². The van der Waals surface area contributed by atoms with Gasteiger partial charge in [-0.05, 0) is 64.2 Å². The Balaban J connectivity index is 2.37. The molecule has 55 heavy (non-hydrogen) atoms. The fourth-order valence-electron chi connectivity index (χ4n) is 6.47. The summed E-state index contributed by atoms with van der Waals surface area (Å²) >= 11 is 0. The fourth-order valence-corrected chi connectivity index (χ4v) is 6.47. The van der Waals surface area contributed by atoms with Gasteiger partial charge >= 0.3 is 11.9 Å². The molecule has 1 aliphatic heterocycles. The second-order valence-corrected chi connectivity index (χ2v) is 15.2. The van der Waals surface area contributed by atoms with Gasteiger partial charge in [-0.15, -0.1) is 0 Å². The Hall–Kier alpha value is -2.08. The SMILES string of the molecule is CCCCCC/C=C/C=C/CCCCCCCC(=O)O[C@@H](COC(=O)CCCCC/C=C/CCCCCCCCCC)CO[C@H]1O[C@@H](CO)[C@@H](O)C(O)C1O. The largest absolute Gasteiger partial charge is 0.462 e. The molecule has 0 radical (unpaired) electrons. The first-order valence-electron chi connectivity index (χ1n) is 22.1. The van der Waals surface area contributed by atoms with Gasteiger partial charge in [0.2, 0.25) is 0 Å². The Morgan fingerprint density at radius 1 is 0.564 bits per heavy atom. The number of ether oxygens (including phenoxy) is 4. The Morgan fingerprint density at radius 2 is 1.02 bits per heavy atom. The average Bonchev–Trinajstić information content (AvgIpc) is 3.18. The molecule has 2 unspecified atom stereocenters. The third-order valence-corrected chi connectivity index (χ3v) is 10.0. The second-order valence-electron chi connectivity index (χ2n) is 15.2. The predicted molar refractivity (Wildman–Crippen MR) is 219 cm³/mol. The highest BCUT2D eigenvalue weighted by atomic mass is 16.7. The van der Waals surface area contributed by atoms with Gasteiger partial charge in [0.1, 0.15) is 31.0 Å². The minimum absolute atomic E-state index is 0.209. The molecule has 0 aromatic carbocycles. The molecule has 10 heteroatoms. The van der Waals surface area contributed by atoms with Crippen LogP contribution >= 0.6 is 0 Å². The smallest absolute Gasteiger partial charge is 0.306 e. The molecule has 1 fully saturated rings. The van der Waals surface area contributed by atoms with Gasteiger partial charge in [-0.2, -0.15) is 0 Å². The summed E-state index contributed by atoms with van der Waals surface area (Å²) in [6.07, 6.45) is 32.9. The summed E-state index contributed by atoms with van der Waals surface area (Å²) in [4.78, 5) is 25.3. The van der Waals surface area contributed by atoms with E-state index in [1.165, 1.54) is 77.0 Å². The van der Waals surface area contributed by atoms with E-state index in [0.29, 0.717) is 12.8 Å². The maximum Gasteiger partial charge on any atom is 0.306 e. The van der Waals surface area contributed by atoms with Crippen molar-refractivity contribution in [1.29, 1.82) is 0 Å². The molecule has 0 amide bonds. The standard InChI is InChI=1S/C45H80O10/c1-3-5-7-9-11-13-15-17-19-21-23-25-27-29-31-33-40(47)52-36-38(37-53-45-44(51)43(50)42(49)39(35-46)55-45)54-41(48)34-32-30-28-26-24-22-20-18-16-14-12-10-8-6-4-2/h14,16,18,20-21,23,38-39,42-46,49-51H,3-13,15,17,19,22,24-37H2,1-2H3/b16-14+,20-18+,23-21+/t38-,39-,42+,43?,44?,45-/m0/s1. The van der Waals surface area contributed by atoms with Crippen LogP contribution in [0.4, 0.5) is 0 Å². The molecule has 0 saturated carbocycles. The van der Waals surface area contributed by atoms with Crippen LogP contribution in [0.2, 0.25) is 0 Å². The Labute approximate surface area is 334 Å². The molecule has 1 saturated heterocycles. The molecule has 0 aromatic rings. The van der Waals surface area contributed by atoms with Crippen molar-refractivity contribution in [2.45, 2.75) is 218 Å². The first kappa shape index (κ1) is 50.9. The van der Waals surface area contributed by atoms with Crippen LogP contribution in [0.15, 0.2) is 36.5 Å². The van der Waals surface area contributed by atoms with Crippen molar-refractivity contribution in [3.8, 4) is 0 Å². The predicted octanol–water partition coefficient (Wildman–Crippen LogP) is 9.11. The van der Waals surface area contributed by atoms with Gasteiger partial charge in [-0.3, -0.25) is 9.59 Å². The number of aliphatic hydroxyl groups is 4. The first-order valence-corrected chi connectivity index (χ1v) is 22.1. The minimum Gasteiger partial charge on any atom is -0.462 e. The minimum atomic E-state index is -1.60. The van der Waals surface area contributed by atoms with E-state index < -0.39 is 55.4 Å². The van der Waals surface area contributed by atoms with E-state index in [2.05, 4.69) is 50.3 Å². The summed E-state index contributed by atoms with van der Waals surface area (Å²) < 4.78 is 22.1. The second kappa shape index (κ2) is 36.3. The molecule has 0 aliphatic carbocycles. The summed E-state index contributed by atoms with van der Waals surface area (Å²) in [7, 11) is 0. The van der Waals surface area contributed by atoms with Gasteiger partial charge in [-0.25, -0.2) is 0 Å². The molecule has 0 spiro atoms. The van der Waals surface area contributed by atoms with Crippen LogP contribution in [0.25, 0.3) is 0 Å². The van der Waals surface area contributed by atoms with Crippen molar-refractivity contribution in [2.24, 2.45) is 0 Å². The van der Waals surface area contributed by atoms with Crippen molar-refractivity contribution in [3.63, 3.8) is 0 Å². The number of esters is 2. The maximum absolute atomic E-state index is 12.7. The molecular formula is C45H80O10. The molecule has 10 nitrogen and oxygen atoms in total. The number of allylic oxidation sites excluding steroid dienone is 6. The lowest BCUT2D eigenvalue weighted by atomic mass is 9.99. The van der Waals surface area contributed by atoms with Crippen molar-refractivity contribution >= 4 is 11.9 Å². The van der Waals surface area contributed by atoms with E-state index in [4.69, 9.17) is 18.9 Å². The summed E-state index contributed by atoms with van der Waals surface area (Å²) in [5.74, 6) is -0.842. The van der Waals surface area contributed by atoms with Gasteiger partial charge in [-0.1, -0.05) is 140 Å². The number of carbonyl (C=O) groups is 2. The third kappa shape index (κ3) is 28.0. The molecule has 1 rings (SSSR count). The fraction of sp³-hybridized carbons (Fsp3) is 0.822. The van der Waals surface area contributed by atoms with E-state index in [0.717, 1.165) is 64.2 Å². The number of hydrogen-bond acceptors (Lipinski definition) is 10. The van der Waals surface area contributed by atoms with Crippen LogP contribution in [0, 0.1) is 0 Å². The van der Waals surface area contributed by atoms with E-state index in [1.54, 1.807) is 0 Å². The van der Waals surface area contributed by atoms with Gasteiger partial charge in [0.05, 0.1) is 13.2 Å². The summed E-state index contributed by atoms with van der Waals surface area (Å²) in [6.45, 7) is 3.37. The highest BCUT2D eigenvalue weighted by Gasteiger charge is 2.44. The van der Waals surface area contributed by atoms with Gasteiger partial charge in [0.25, 0.3) is 0 Å². The molecule has 0 bridgehead atoms. The summed E-state index contributed by atoms with van der Waals surface area (Å²) in [5.41, 5.74) is 0. The lowest BCUT2D eigenvalue weighted by Gasteiger charge is -2.39. The average molecular weight is 781 g/mol. The molecule has 1 aliphatic rings. The van der Waals surface area contributed by atoms with Crippen molar-refractivity contribution in [1.82, 2.24) is 0 Å². The highest BCUT2D eigenvalue weighted by Crippen LogP contribution is 2.22. The number of aliphatic hydroxyl groups excluding tert-OH is 4. The Bertz CT molecular complexity index is 996. The van der Waals surface area contributed by atoms with E-state index in [-0.39, 0.29) is 26.1 Å². The molecular weight excluding hydrogens is 700 g/mol. The van der Waals surface area contributed by atoms with Gasteiger partial charge in [0.15, 0.2) is 12.4 Å². The number of hydrogen-bond donors (Lipinski definition) is 4. The Kier molecular flexibility index (Phi) is 33.6. The summed E-state index contributed by atoms with van der Waals surface area (Å²) in [5, 5.41) is 40.0. The first-order chi connectivity index (χ1) is 26.8. The normalized spacial score (nSPS) is 20.9. The molecule has 320 valence electrons. The molecule has 0 aromatic heterocycles. The van der Waals surface area contributed by atoms with Crippen molar-refractivity contribution < 1.29 is 49.0 Å². The van der Waals surface area contributed by atoms with Crippen LogP contribution in [0.3, 0.4) is 0 Å². The lowest BCUT2D eigenvalue weighted by Crippen LogP contribution is -2.59. The zero-order valence-corrected chi connectivity index (χ0v) is 34.7. The van der Waals surface area contributed by atoms with Crippen LogP contribution in [-0.4, -0.2) is 89.0 Å². The van der Waals surface area contributed by atoms with Crippen molar-refractivity contribution in [2.75, 3.05) is 19.8 Å². The van der Waals surface area contributed by atoms with Gasteiger partial charge in [0, 0.05) is 12.8 Å². The number of rotatable bonds is 36. The van der Waals surface area contributed by atoms with Crippen LogP contribution in [0.5, 0.6) is 0 Å². The number of unbranched alkanes of at least 4 members (excludes halogenated alkanes) is 20. The maximum atomic E-state index is 12.7. The van der Waals surface area contributed by atoms with Crippen LogP contribution in [0.1, 0.15) is 181 Å². The molecule has 6 atom stereocenters. The van der Waals surface area contributed by atoms with Crippen LogP contribution in [-0.2, 0) is 28.5 Å². The lowest BCUT2D eigenvalue weighted by molar-refractivity contribution is -0.305. The van der Waals surface area contributed by atoms with E-state index >= 15 is 0 Å². The third-order valence-electron chi connectivity index (χ3n) is 10.0. The van der Waals surface area contributed by atoms with Gasteiger partial charge < -0.3 is 39.4 Å². The topological polar surface area (TPSA) is 152 Å². The number of carbonyl (C=O) groups excluding carboxylic acids is 2. The van der Waals surface area contributed by atoms with E-state index in [9.17, 15) is 30.0 Å². The monoisotopic (exact) mass is 781 g/mol. The molecule has 1 heterocycles. The summed E-state index contributed by atoms with van der Waals surface area (Å²) in [6, 6.07) is 0. The molecule has 4 N–H and O–H groups in total.